The number of hydrogen-bond donors (Lipinski definition) is 1. The molecule has 1 aromatic carbocycles. The molecule has 1 fully saturated rings. The largest absolute Gasteiger partial charge is 0.481 e. The van der Waals surface area contributed by atoms with Gasteiger partial charge >= 0.3 is 12.1 Å². The topological polar surface area (TPSA) is 66.8 Å². The Balaban J connectivity index is 2.45. The van der Waals surface area contributed by atoms with E-state index in [0.717, 1.165) is 17.0 Å². The lowest BCUT2D eigenvalue weighted by Crippen LogP contribution is -2.51. The molecule has 0 spiro atoms. The van der Waals surface area contributed by atoms with Gasteiger partial charge in [0.25, 0.3) is 5.91 Å². The molecule has 21 heavy (non-hydrogen) atoms. The van der Waals surface area contributed by atoms with E-state index in [4.69, 9.17) is 9.84 Å². The van der Waals surface area contributed by atoms with Crippen molar-refractivity contribution in [1.29, 1.82) is 0 Å². The van der Waals surface area contributed by atoms with E-state index in [1.807, 2.05) is 0 Å². The number of carboxylic acid groups (broad SMARTS) is 1. The number of ether oxygens (including phenoxy) is 1. The molecule has 0 aliphatic carbocycles. The second kappa shape index (κ2) is 5.72. The third-order valence-corrected chi connectivity index (χ3v) is 3.05. The molecule has 0 bridgehead atoms. The van der Waals surface area contributed by atoms with Gasteiger partial charge in [0.1, 0.15) is 6.61 Å². The summed E-state index contributed by atoms with van der Waals surface area (Å²) in [5, 5.41) is 8.83. The summed E-state index contributed by atoms with van der Waals surface area (Å²) >= 11 is 0. The number of aliphatic carboxylic acids is 1. The predicted molar refractivity (Wildman–Crippen MR) is 65.8 cm³/mol. The standard InChI is InChI=1S/C13H12F3NO4/c14-13(15,16)9-3-1-2-4-10(9)17-8(5-12(19)20)6-21-7-11(17)18/h1-4,8H,5-7H2,(H,19,20). The number of rotatable bonds is 3. The summed E-state index contributed by atoms with van der Waals surface area (Å²) in [6.45, 7) is -0.494. The van der Waals surface area contributed by atoms with Crippen LogP contribution in [0.25, 0.3) is 0 Å². The number of alkyl halides is 3. The minimum atomic E-state index is -4.64. The van der Waals surface area contributed by atoms with E-state index < -0.39 is 36.1 Å². The number of halogens is 3. The summed E-state index contributed by atoms with van der Waals surface area (Å²) in [6, 6.07) is 3.62. The molecule has 2 rings (SSSR count). The average Bonchev–Trinajstić information content (AvgIpc) is 2.37. The molecule has 5 nitrogen and oxygen atoms in total. The van der Waals surface area contributed by atoms with Gasteiger partial charge < -0.3 is 14.7 Å². The van der Waals surface area contributed by atoms with Crippen LogP contribution in [-0.2, 0) is 20.5 Å². The van der Waals surface area contributed by atoms with Crippen LogP contribution in [-0.4, -0.2) is 36.2 Å². The van der Waals surface area contributed by atoms with Crippen molar-refractivity contribution >= 4 is 17.6 Å². The van der Waals surface area contributed by atoms with E-state index in [0.29, 0.717) is 0 Å². The molecular formula is C13H12F3NO4. The molecule has 0 saturated carbocycles. The third-order valence-electron chi connectivity index (χ3n) is 3.05. The Morgan fingerprint density at radius 3 is 2.67 bits per heavy atom. The molecule has 1 N–H and O–H groups in total. The molecule has 114 valence electrons. The van der Waals surface area contributed by atoms with E-state index in [1.165, 1.54) is 12.1 Å². The minimum Gasteiger partial charge on any atom is -0.481 e. The Hall–Kier alpha value is -2.09. The zero-order valence-electron chi connectivity index (χ0n) is 10.8. The van der Waals surface area contributed by atoms with Crippen molar-refractivity contribution in [1.82, 2.24) is 0 Å². The fourth-order valence-electron chi connectivity index (χ4n) is 2.24. The zero-order chi connectivity index (χ0) is 15.6. The van der Waals surface area contributed by atoms with E-state index in [1.54, 1.807) is 0 Å². The number of carbonyl (C=O) groups excluding carboxylic acids is 1. The zero-order valence-corrected chi connectivity index (χ0v) is 10.8. The van der Waals surface area contributed by atoms with Crippen molar-refractivity contribution < 1.29 is 32.6 Å². The van der Waals surface area contributed by atoms with Crippen molar-refractivity contribution in [2.45, 2.75) is 18.6 Å². The smallest absolute Gasteiger partial charge is 0.418 e. The lowest BCUT2D eigenvalue weighted by molar-refractivity contribution is -0.139. The highest BCUT2D eigenvalue weighted by atomic mass is 19.4. The Bertz CT molecular complexity index is 559. The first-order chi connectivity index (χ1) is 9.80. The number of anilines is 1. The van der Waals surface area contributed by atoms with Crippen molar-refractivity contribution in [2.75, 3.05) is 18.1 Å². The van der Waals surface area contributed by atoms with Gasteiger partial charge in [-0.3, -0.25) is 9.59 Å². The van der Waals surface area contributed by atoms with Crippen molar-refractivity contribution in [3.63, 3.8) is 0 Å². The molecule has 1 aliphatic heterocycles. The summed E-state index contributed by atoms with van der Waals surface area (Å²) in [5.41, 5.74) is -1.32. The van der Waals surface area contributed by atoms with Crippen molar-refractivity contribution in [2.24, 2.45) is 0 Å². The number of benzene rings is 1. The number of para-hydroxylation sites is 1. The van der Waals surface area contributed by atoms with E-state index in [2.05, 4.69) is 0 Å². The normalized spacial score (nSPS) is 19.7. The second-order valence-corrected chi connectivity index (χ2v) is 4.55. The molecule has 1 aliphatic rings. The number of nitrogens with zero attached hydrogens (tertiary/aromatic N) is 1. The van der Waals surface area contributed by atoms with Gasteiger partial charge in [-0.15, -0.1) is 0 Å². The number of carboxylic acids is 1. The number of morpholine rings is 1. The first kappa shape index (κ1) is 15.3. The van der Waals surface area contributed by atoms with Gasteiger partial charge in [0.15, 0.2) is 0 Å². The maximum atomic E-state index is 13.0. The first-order valence-corrected chi connectivity index (χ1v) is 6.08. The number of amides is 1. The number of hydrogen-bond acceptors (Lipinski definition) is 3. The minimum absolute atomic E-state index is 0.121. The monoisotopic (exact) mass is 303 g/mol. The molecule has 1 amide bonds. The molecule has 8 heteroatoms. The van der Waals surface area contributed by atoms with E-state index >= 15 is 0 Å². The Morgan fingerprint density at radius 2 is 2.05 bits per heavy atom. The van der Waals surface area contributed by atoms with Gasteiger partial charge in [0.2, 0.25) is 0 Å². The van der Waals surface area contributed by atoms with E-state index in [9.17, 15) is 22.8 Å². The summed E-state index contributed by atoms with van der Waals surface area (Å²) in [4.78, 5) is 23.6. The van der Waals surface area contributed by atoms with Crippen LogP contribution in [0.3, 0.4) is 0 Å². The highest BCUT2D eigenvalue weighted by molar-refractivity contribution is 5.97. The molecule has 1 atom stereocenters. The number of carbonyl (C=O) groups is 2. The third kappa shape index (κ3) is 3.33. The maximum Gasteiger partial charge on any atom is 0.418 e. The molecular weight excluding hydrogens is 291 g/mol. The molecule has 1 aromatic rings. The molecule has 1 heterocycles. The van der Waals surface area contributed by atoms with Crippen LogP contribution in [0.5, 0.6) is 0 Å². The highest BCUT2D eigenvalue weighted by Gasteiger charge is 2.39. The van der Waals surface area contributed by atoms with E-state index in [-0.39, 0.29) is 18.9 Å². The van der Waals surface area contributed by atoms with Gasteiger partial charge in [0, 0.05) is 0 Å². The quantitative estimate of drug-likeness (QED) is 0.926. The summed E-state index contributed by atoms with van der Waals surface area (Å²) < 4.78 is 44.0. The maximum absolute atomic E-state index is 13.0. The lowest BCUT2D eigenvalue weighted by Gasteiger charge is -2.36. The van der Waals surface area contributed by atoms with Gasteiger partial charge in [-0.25, -0.2) is 0 Å². The van der Waals surface area contributed by atoms with Crippen LogP contribution >= 0.6 is 0 Å². The van der Waals surface area contributed by atoms with Gasteiger partial charge in [-0.2, -0.15) is 13.2 Å². The Morgan fingerprint density at radius 1 is 1.38 bits per heavy atom. The van der Waals surface area contributed by atoms with Crippen LogP contribution in [0.1, 0.15) is 12.0 Å². The molecule has 0 aromatic heterocycles. The summed E-state index contributed by atoms with van der Waals surface area (Å²) in [5.74, 6) is -1.91. The van der Waals surface area contributed by atoms with Gasteiger partial charge in [-0.1, -0.05) is 12.1 Å². The van der Waals surface area contributed by atoms with Gasteiger partial charge in [0.05, 0.1) is 30.3 Å². The molecule has 0 radical (unpaired) electrons. The Kier molecular flexibility index (Phi) is 4.17. The van der Waals surface area contributed by atoms with Crippen LogP contribution in [0.4, 0.5) is 18.9 Å². The van der Waals surface area contributed by atoms with Gasteiger partial charge in [-0.05, 0) is 12.1 Å². The fraction of sp³-hybridized carbons (Fsp3) is 0.385. The van der Waals surface area contributed by atoms with Crippen LogP contribution in [0, 0.1) is 0 Å². The second-order valence-electron chi connectivity index (χ2n) is 4.55. The summed E-state index contributed by atoms with van der Waals surface area (Å²) in [6.07, 6.45) is -5.12. The lowest BCUT2D eigenvalue weighted by atomic mass is 10.1. The highest BCUT2D eigenvalue weighted by Crippen LogP contribution is 2.38. The van der Waals surface area contributed by atoms with Crippen LogP contribution in [0.15, 0.2) is 24.3 Å². The van der Waals surface area contributed by atoms with Crippen LogP contribution < -0.4 is 4.90 Å². The van der Waals surface area contributed by atoms with Crippen molar-refractivity contribution in [3.05, 3.63) is 29.8 Å². The van der Waals surface area contributed by atoms with Crippen molar-refractivity contribution in [3.8, 4) is 0 Å². The fourth-order valence-corrected chi connectivity index (χ4v) is 2.24. The predicted octanol–water partition coefficient (Wildman–Crippen LogP) is 1.91. The Labute approximate surface area is 117 Å². The average molecular weight is 303 g/mol. The molecule has 1 unspecified atom stereocenters. The first-order valence-electron chi connectivity index (χ1n) is 6.08. The van der Waals surface area contributed by atoms with Crippen LogP contribution in [0.2, 0.25) is 0 Å². The SMILES string of the molecule is O=C(O)CC1COCC(=O)N1c1ccccc1C(F)(F)F. The summed E-state index contributed by atoms with van der Waals surface area (Å²) in [7, 11) is 0. The molecule has 1 saturated heterocycles.